The molecule has 1 aromatic heterocycles. The lowest BCUT2D eigenvalue weighted by atomic mass is 10.1. The van der Waals surface area contributed by atoms with Gasteiger partial charge in [0.15, 0.2) is 0 Å². The van der Waals surface area contributed by atoms with E-state index < -0.39 is 0 Å². The number of para-hydroxylation sites is 1. The molecular weight excluding hydrogens is 300 g/mol. The summed E-state index contributed by atoms with van der Waals surface area (Å²) in [7, 11) is 0. The number of nitrogens with zero attached hydrogens (tertiary/aromatic N) is 1. The van der Waals surface area contributed by atoms with Gasteiger partial charge < -0.3 is 10.1 Å². The van der Waals surface area contributed by atoms with Gasteiger partial charge in [0.2, 0.25) is 0 Å². The lowest BCUT2D eigenvalue weighted by Gasteiger charge is -2.08. The number of carbonyl (C=O) groups excluding carboxylic acids is 1. The van der Waals surface area contributed by atoms with Gasteiger partial charge in [-0.25, -0.2) is 9.78 Å². The van der Waals surface area contributed by atoms with E-state index in [1.807, 2.05) is 66.7 Å². The second-order valence-electron chi connectivity index (χ2n) is 5.18. The smallest absolute Gasteiger partial charge is 0.340 e. The van der Waals surface area contributed by atoms with Crippen LogP contribution in [0.1, 0.15) is 12.5 Å². The lowest BCUT2D eigenvalue weighted by Crippen LogP contribution is -2.08. The largest absolute Gasteiger partial charge is 0.462 e. The summed E-state index contributed by atoms with van der Waals surface area (Å²) >= 11 is 0. The molecule has 0 aliphatic rings. The first-order chi connectivity index (χ1) is 11.8. The zero-order valence-electron chi connectivity index (χ0n) is 13.4. The molecule has 0 unspecified atom stereocenters. The number of anilines is 1. The number of benzene rings is 2. The van der Waals surface area contributed by atoms with Crippen molar-refractivity contribution in [3.8, 4) is 0 Å². The van der Waals surface area contributed by atoms with Crippen LogP contribution in [0.3, 0.4) is 0 Å². The topological polar surface area (TPSA) is 51.2 Å². The summed E-state index contributed by atoms with van der Waals surface area (Å²) in [6.07, 6.45) is 1.64. The molecule has 3 aromatic rings. The number of rotatable bonds is 5. The standard InChI is InChI=1S/C20H18N2O2/c1-2-24-20(23)17(15-8-4-3-5-9-15)14-21-19-13-12-16-10-6-7-11-18(16)22-19/h3-14H,2H2,1H3,(H,21,22)/b17-14-. The molecule has 0 spiro atoms. The third kappa shape index (κ3) is 3.60. The Hall–Kier alpha value is -3.14. The van der Waals surface area contributed by atoms with Gasteiger partial charge in [-0.05, 0) is 30.7 Å². The predicted octanol–water partition coefficient (Wildman–Crippen LogP) is 4.25. The number of pyridine rings is 1. The quantitative estimate of drug-likeness (QED) is 0.564. The van der Waals surface area contributed by atoms with Gasteiger partial charge in [0.1, 0.15) is 5.82 Å². The molecule has 1 heterocycles. The minimum Gasteiger partial charge on any atom is -0.462 e. The second-order valence-corrected chi connectivity index (χ2v) is 5.18. The summed E-state index contributed by atoms with van der Waals surface area (Å²) in [6, 6.07) is 21.2. The molecule has 3 rings (SSSR count). The highest BCUT2D eigenvalue weighted by atomic mass is 16.5. The SMILES string of the molecule is CCOC(=O)/C(=C\Nc1ccc2ccccc2n1)c1ccccc1. The number of ether oxygens (including phenoxy) is 1. The lowest BCUT2D eigenvalue weighted by molar-refractivity contribution is -0.136. The van der Waals surface area contributed by atoms with E-state index in [-0.39, 0.29) is 5.97 Å². The normalized spacial score (nSPS) is 11.3. The van der Waals surface area contributed by atoms with Gasteiger partial charge in [-0.2, -0.15) is 0 Å². The average molecular weight is 318 g/mol. The second kappa shape index (κ2) is 7.42. The first-order valence-electron chi connectivity index (χ1n) is 7.83. The first kappa shape index (κ1) is 15.7. The zero-order valence-corrected chi connectivity index (χ0v) is 13.4. The Bertz CT molecular complexity index is 873. The summed E-state index contributed by atoms with van der Waals surface area (Å²) in [6.45, 7) is 2.12. The summed E-state index contributed by atoms with van der Waals surface area (Å²) in [5, 5.41) is 4.17. The van der Waals surface area contributed by atoms with E-state index in [4.69, 9.17) is 4.74 Å². The number of carbonyl (C=O) groups is 1. The minimum absolute atomic E-state index is 0.331. The van der Waals surface area contributed by atoms with Crippen molar-refractivity contribution in [1.82, 2.24) is 4.98 Å². The number of hydrogen-bond donors (Lipinski definition) is 1. The monoisotopic (exact) mass is 318 g/mol. The van der Waals surface area contributed by atoms with Crippen LogP contribution in [0.2, 0.25) is 0 Å². The molecule has 120 valence electrons. The fourth-order valence-corrected chi connectivity index (χ4v) is 2.38. The van der Waals surface area contributed by atoms with Crippen molar-refractivity contribution < 1.29 is 9.53 Å². The van der Waals surface area contributed by atoms with Crippen LogP contribution in [0.5, 0.6) is 0 Å². The summed E-state index contributed by atoms with van der Waals surface area (Å²) < 4.78 is 5.15. The Morgan fingerprint density at radius 3 is 2.58 bits per heavy atom. The number of aromatic nitrogens is 1. The van der Waals surface area contributed by atoms with Crippen molar-refractivity contribution in [1.29, 1.82) is 0 Å². The maximum atomic E-state index is 12.2. The van der Waals surface area contributed by atoms with Gasteiger partial charge in [-0.3, -0.25) is 0 Å². The molecule has 4 nitrogen and oxygen atoms in total. The van der Waals surface area contributed by atoms with E-state index in [2.05, 4.69) is 10.3 Å². The Morgan fingerprint density at radius 1 is 1.04 bits per heavy atom. The Labute approximate surface area is 140 Å². The highest BCUT2D eigenvalue weighted by Gasteiger charge is 2.12. The fourth-order valence-electron chi connectivity index (χ4n) is 2.38. The van der Waals surface area contributed by atoms with Crippen LogP contribution in [-0.2, 0) is 9.53 Å². The van der Waals surface area contributed by atoms with Gasteiger partial charge >= 0.3 is 5.97 Å². The number of hydrogen-bond acceptors (Lipinski definition) is 4. The molecular formula is C20H18N2O2. The third-order valence-corrected chi connectivity index (χ3v) is 3.54. The maximum Gasteiger partial charge on any atom is 0.340 e. The van der Waals surface area contributed by atoms with Crippen molar-refractivity contribution in [2.75, 3.05) is 11.9 Å². The summed E-state index contributed by atoms with van der Waals surface area (Å²) in [5.41, 5.74) is 2.16. The highest BCUT2D eigenvalue weighted by Crippen LogP contribution is 2.18. The van der Waals surface area contributed by atoms with Crippen LogP contribution in [-0.4, -0.2) is 17.6 Å². The molecule has 0 radical (unpaired) electrons. The maximum absolute atomic E-state index is 12.2. The number of esters is 1. The van der Waals surface area contributed by atoms with Crippen molar-refractivity contribution in [2.24, 2.45) is 0 Å². The van der Waals surface area contributed by atoms with E-state index in [0.29, 0.717) is 18.0 Å². The van der Waals surface area contributed by atoms with Gasteiger partial charge in [0.25, 0.3) is 0 Å². The predicted molar refractivity (Wildman–Crippen MR) is 96.4 cm³/mol. The van der Waals surface area contributed by atoms with Gasteiger partial charge in [-0.15, -0.1) is 0 Å². The summed E-state index contributed by atoms with van der Waals surface area (Å²) in [4.78, 5) is 16.8. The molecule has 0 bridgehead atoms. The van der Waals surface area contributed by atoms with Crippen LogP contribution in [0.4, 0.5) is 5.82 Å². The fraction of sp³-hybridized carbons (Fsp3) is 0.100. The first-order valence-corrected chi connectivity index (χ1v) is 7.83. The van der Waals surface area contributed by atoms with Crippen LogP contribution >= 0.6 is 0 Å². The molecule has 2 aromatic carbocycles. The molecule has 4 heteroatoms. The summed E-state index contributed by atoms with van der Waals surface area (Å²) in [5.74, 6) is 0.309. The van der Waals surface area contributed by atoms with Gasteiger partial charge in [0, 0.05) is 11.6 Å². The Balaban J connectivity index is 1.90. The third-order valence-electron chi connectivity index (χ3n) is 3.54. The van der Waals surface area contributed by atoms with Gasteiger partial charge in [-0.1, -0.05) is 48.5 Å². The molecule has 0 atom stereocenters. The molecule has 1 N–H and O–H groups in total. The van der Waals surface area contributed by atoms with Gasteiger partial charge in [0.05, 0.1) is 17.7 Å². The molecule has 0 saturated carbocycles. The molecule has 0 amide bonds. The molecule has 0 saturated heterocycles. The molecule has 24 heavy (non-hydrogen) atoms. The van der Waals surface area contributed by atoms with E-state index >= 15 is 0 Å². The van der Waals surface area contributed by atoms with E-state index in [0.717, 1.165) is 16.5 Å². The van der Waals surface area contributed by atoms with Crippen molar-refractivity contribution in [3.63, 3.8) is 0 Å². The molecule has 0 aliphatic carbocycles. The minimum atomic E-state index is -0.364. The van der Waals surface area contributed by atoms with Crippen molar-refractivity contribution >= 4 is 28.3 Å². The van der Waals surface area contributed by atoms with E-state index in [9.17, 15) is 4.79 Å². The van der Waals surface area contributed by atoms with Crippen LogP contribution in [0.25, 0.3) is 16.5 Å². The zero-order chi connectivity index (χ0) is 16.8. The van der Waals surface area contributed by atoms with Crippen molar-refractivity contribution in [3.05, 3.63) is 78.5 Å². The Kier molecular flexibility index (Phi) is 4.87. The Morgan fingerprint density at radius 2 is 1.79 bits per heavy atom. The van der Waals surface area contributed by atoms with Crippen LogP contribution in [0.15, 0.2) is 72.9 Å². The number of nitrogens with one attached hydrogen (secondary N) is 1. The van der Waals surface area contributed by atoms with Crippen LogP contribution in [0, 0.1) is 0 Å². The van der Waals surface area contributed by atoms with Crippen LogP contribution < -0.4 is 5.32 Å². The average Bonchev–Trinajstić information content (AvgIpc) is 2.63. The molecule has 0 aliphatic heterocycles. The highest BCUT2D eigenvalue weighted by molar-refractivity contribution is 6.16. The van der Waals surface area contributed by atoms with E-state index in [1.54, 1.807) is 13.1 Å². The van der Waals surface area contributed by atoms with E-state index in [1.165, 1.54) is 0 Å². The number of fused-ring (bicyclic) bond motifs is 1. The molecule has 0 fully saturated rings. The van der Waals surface area contributed by atoms with Crippen molar-refractivity contribution in [2.45, 2.75) is 6.92 Å².